The molecule has 1 amide bonds. The number of benzene rings is 1. The average Bonchev–Trinajstić information content (AvgIpc) is 2.77. The zero-order chi connectivity index (χ0) is 19.8. The Balaban J connectivity index is 1.47. The summed E-state index contributed by atoms with van der Waals surface area (Å²) in [5.41, 5.74) is 0.415. The van der Waals surface area contributed by atoms with E-state index in [9.17, 15) is 4.79 Å². The van der Waals surface area contributed by atoms with Crippen molar-refractivity contribution in [1.29, 1.82) is 0 Å². The van der Waals surface area contributed by atoms with Gasteiger partial charge in [-0.25, -0.2) is 9.97 Å². The summed E-state index contributed by atoms with van der Waals surface area (Å²) in [6, 6.07) is 9.12. The molecule has 0 radical (unpaired) electrons. The number of methoxy groups -OCH3 is 1. The number of carbonyl (C=O) groups excluding carboxylic acids is 1. The molecule has 0 unspecified atom stereocenters. The van der Waals surface area contributed by atoms with Gasteiger partial charge >= 0.3 is 0 Å². The number of nitrogens with zero attached hydrogens (tertiary/aromatic N) is 4. The Morgan fingerprint density at radius 2 is 1.82 bits per heavy atom. The van der Waals surface area contributed by atoms with E-state index < -0.39 is 0 Å². The molecule has 8 heteroatoms. The molecule has 1 saturated heterocycles. The molecule has 2 heterocycles. The SMILES string of the molecule is CCN1CCN(C(=O)c2cc(NCCOc3ccc(OC)cc3)ncn2)CC1. The fourth-order valence-corrected chi connectivity index (χ4v) is 3.02. The number of ether oxygens (including phenoxy) is 2. The van der Waals surface area contributed by atoms with Crippen LogP contribution in [0.5, 0.6) is 11.5 Å². The third-order valence-corrected chi connectivity index (χ3v) is 4.73. The lowest BCUT2D eigenvalue weighted by Crippen LogP contribution is -2.48. The van der Waals surface area contributed by atoms with Gasteiger partial charge < -0.3 is 24.6 Å². The maximum absolute atomic E-state index is 12.7. The lowest BCUT2D eigenvalue weighted by Gasteiger charge is -2.33. The van der Waals surface area contributed by atoms with E-state index >= 15 is 0 Å². The molecule has 28 heavy (non-hydrogen) atoms. The van der Waals surface area contributed by atoms with Crippen LogP contribution >= 0.6 is 0 Å². The fraction of sp³-hybridized carbons (Fsp3) is 0.450. The Labute approximate surface area is 165 Å². The number of likely N-dealkylation sites (N-methyl/N-ethyl adjacent to an activating group) is 1. The Morgan fingerprint density at radius 3 is 2.50 bits per heavy atom. The zero-order valence-corrected chi connectivity index (χ0v) is 16.4. The molecule has 1 aliphatic heterocycles. The molecule has 1 aliphatic rings. The van der Waals surface area contributed by atoms with Gasteiger partial charge in [0.1, 0.15) is 35.9 Å². The van der Waals surface area contributed by atoms with Crippen LogP contribution in [0.2, 0.25) is 0 Å². The molecule has 0 spiro atoms. The lowest BCUT2D eigenvalue weighted by atomic mass is 10.2. The van der Waals surface area contributed by atoms with Crippen LogP contribution in [0, 0.1) is 0 Å². The third-order valence-electron chi connectivity index (χ3n) is 4.73. The standard InChI is InChI=1S/C20H27N5O3/c1-3-24-9-11-25(12-10-24)20(26)18-14-19(23-15-22-18)21-8-13-28-17-6-4-16(27-2)5-7-17/h4-7,14-15H,3,8-13H2,1-2H3,(H,21,22,23). The van der Waals surface area contributed by atoms with Crippen LogP contribution in [0.3, 0.4) is 0 Å². The number of carbonyl (C=O) groups is 1. The van der Waals surface area contributed by atoms with Gasteiger partial charge in [-0.15, -0.1) is 0 Å². The van der Waals surface area contributed by atoms with E-state index in [1.165, 1.54) is 6.33 Å². The molecule has 1 aromatic heterocycles. The second-order valence-corrected chi connectivity index (χ2v) is 6.47. The molecular formula is C20H27N5O3. The van der Waals surface area contributed by atoms with E-state index in [0.717, 1.165) is 44.2 Å². The number of piperazine rings is 1. The van der Waals surface area contributed by atoms with Gasteiger partial charge in [-0.1, -0.05) is 6.92 Å². The van der Waals surface area contributed by atoms with Crippen LogP contribution in [-0.4, -0.2) is 78.7 Å². The van der Waals surface area contributed by atoms with Gasteiger partial charge in [0, 0.05) is 32.2 Å². The minimum absolute atomic E-state index is 0.0457. The number of amides is 1. The monoisotopic (exact) mass is 385 g/mol. The van der Waals surface area contributed by atoms with Gasteiger partial charge in [0.25, 0.3) is 5.91 Å². The highest BCUT2D eigenvalue weighted by molar-refractivity contribution is 5.93. The van der Waals surface area contributed by atoms with E-state index in [1.807, 2.05) is 29.2 Å². The number of hydrogen-bond acceptors (Lipinski definition) is 7. The molecule has 0 aliphatic carbocycles. The summed E-state index contributed by atoms with van der Waals surface area (Å²) in [4.78, 5) is 25.2. The average molecular weight is 385 g/mol. The molecule has 8 nitrogen and oxygen atoms in total. The van der Waals surface area contributed by atoms with Crippen molar-refractivity contribution in [2.75, 3.05) is 58.3 Å². The second kappa shape index (κ2) is 9.89. The minimum atomic E-state index is -0.0457. The Kier molecular flexibility index (Phi) is 7.02. The third kappa shape index (κ3) is 5.32. The molecule has 0 atom stereocenters. The predicted octanol–water partition coefficient (Wildman–Crippen LogP) is 1.75. The normalized spacial score (nSPS) is 14.6. The number of rotatable bonds is 8. The number of nitrogens with one attached hydrogen (secondary N) is 1. The molecule has 0 bridgehead atoms. The maximum Gasteiger partial charge on any atom is 0.272 e. The largest absolute Gasteiger partial charge is 0.497 e. The second-order valence-electron chi connectivity index (χ2n) is 6.47. The highest BCUT2D eigenvalue weighted by atomic mass is 16.5. The summed E-state index contributed by atoms with van der Waals surface area (Å²) in [5, 5.41) is 3.17. The van der Waals surface area contributed by atoms with Crippen LogP contribution in [-0.2, 0) is 0 Å². The first-order chi connectivity index (χ1) is 13.7. The van der Waals surface area contributed by atoms with Crippen molar-refractivity contribution in [3.8, 4) is 11.5 Å². The van der Waals surface area contributed by atoms with Crippen molar-refractivity contribution in [1.82, 2.24) is 19.8 Å². The quantitative estimate of drug-likeness (QED) is 0.694. The van der Waals surface area contributed by atoms with Crippen LogP contribution in [0.4, 0.5) is 5.82 Å². The highest BCUT2D eigenvalue weighted by Crippen LogP contribution is 2.17. The summed E-state index contributed by atoms with van der Waals surface area (Å²) in [6.45, 7) is 7.46. The first-order valence-corrected chi connectivity index (χ1v) is 9.54. The lowest BCUT2D eigenvalue weighted by molar-refractivity contribution is 0.0637. The number of aromatic nitrogens is 2. The van der Waals surface area contributed by atoms with Gasteiger partial charge in [-0.05, 0) is 30.8 Å². The maximum atomic E-state index is 12.7. The molecule has 0 saturated carbocycles. The van der Waals surface area contributed by atoms with Gasteiger partial charge in [-0.2, -0.15) is 0 Å². The first-order valence-electron chi connectivity index (χ1n) is 9.54. The van der Waals surface area contributed by atoms with E-state index in [1.54, 1.807) is 13.2 Å². The Hall–Kier alpha value is -2.87. The zero-order valence-electron chi connectivity index (χ0n) is 16.4. The summed E-state index contributed by atoms with van der Waals surface area (Å²) in [7, 11) is 1.63. The summed E-state index contributed by atoms with van der Waals surface area (Å²) < 4.78 is 10.8. The summed E-state index contributed by atoms with van der Waals surface area (Å²) in [6.07, 6.45) is 1.42. The van der Waals surface area contributed by atoms with Crippen LogP contribution in [0.25, 0.3) is 0 Å². The molecule has 1 N–H and O–H groups in total. The van der Waals surface area contributed by atoms with Gasteiger partial charge in [0.05, 0.1) is 13.7 Å². The van der Waals surface area contributed by atoms with E-state index in [-0.39, 0.29) is 5.91 Å². The van der Waals surface area contributed by atoms with Gasteiger partial charge in [0.2, 0.25) is 0 Å². The van der Waals surface area contributed by atoms with Crippen LogP contribution in [0.15, 0.2) is 36.7 Å². The molecule has 1 aromatic carbocycles. The summed E-state index contributed by atoms with van der Waals surface area (Å²) in [5.74, 6) is 2.13. The first kappa shape index (κ1) is 19.9. The minimum Gasteiger partial charge on any atom is -0.497 e. The Morgan fingerprint density at radius 1 is 1.11 bits per heavy atom. The number of anilines is 1. The van der Waals surface area contributed by atoms with Crippen LogP contribution in [0.1, 0.15) is 17.4 Å². The highest BCUT2D eigenvalue weighted by Gasteiger charge is 2.22. The van der Waals surface area contributed by atoms with E-state index in [2.05, 4.69) is 27.1 Å². The molecule has 3 rings (SSSR count). The Bertz CT molecular complexity index is 761. The molecule has 150 valence electrons. The predicted molar refractivity (Wildman–Crippen MR) is 107 cm³/mol. The smallest absolute Gasteiger partial charge is 0.272 e. The van der Waals surface area contributed by atoms with Crippen molar-refractivity contribution in [3.63, 3.8) is 0 Å². The fourth-order valence-electron chi connectivity index (χ4n) is 3.02. The van der Waals surface area contributed by atoms with E-state index in [4.69, 9.17) is 9.47 Å². The molecule has 1 fully saturated rings. The van der Waals surface area contributed by atoms with Crippen molar-refractivity contribution < 1.29 is 14.3 Å². The van der Waals surface area contributed by atoms with E-state index in [0.29, 0.717) is 24.7 Å². The molecular weight excluding hydrogens is 358 g/mol. The molecule has 2 aromatic rings. The number of hydrogen-bond donors (Lipinski definition) is 1. The summed E-state index contributed by atoms with van der Waals surface area (Å²) >= 11 is 0. The topological polar surface area (TPSA) is 79.8 Å². The van der Waals surface area contributed by atoms with Gasteiger partial charge in [0.15, 0.2) is 0 Å². The van der Waals surface area contributed by atoms with Gasteiger partial charge in [-0.3, -0.25) is 4.79 Å². The van der Waals surface area contributed by atoms with Crippen molar-refractivity contribution in [2.24, 2.45) is 0 Å². The van der Waals surface area contributed by atoms with Crippen molar-refractivity contribution >= 4 is 11.7 Å². The van der Waals surface area contributed by atoms with Crippen LogP contribution < -0.4 is 14.8 Å². The van der Waals surface area contributed by atoms with Crippen molar-refractivity contribution in [2.45, 2.75) is 6.92 Å². The van der Waals surface area contributed by atoms with Crippen molar-refractivity contribution in [3.05, 3.63) is 42.4 Å².